The molecule has 2 aliphatic heterocycles. The lowest BCUT2D eigenvalue weighted by Gasteiger charge is -2.24. The SMILES string of the molecule is CN1CCCN(C2=Nc3cscc3C(=CC#N)c3cscc32)CC1. The van der Waals surface area contributed by atoms with E-state index in [0.29, 0.717) is 0 Å². The first-order chi connectivity index (χ1) is 11.8. The Morgan fingerprint density at radius 2 is 1.83 bits per heavy atom. The predicted octanol–water partition coefficient (Wildman–Crippen LogP) is 3.79. The van der Waals surface area contributed by atoms with Crippen molar-refractivity contribution in [1.82, 2.24) is 9.80 Å². The fourth-order valence-electron chi connectivity index (χ4n) is 3.30. The van der Waals surface area contributed by atoms with Crippen LogP contribution in [0.3, 0.4) is 0 Å². The number of nitriles is 1. The van der Waals surface area contributed by atoms with Crippen LogP contribution in [0.15, 0.2) is 32.6 Å². The van der Waals surface area contributed by atoms with Crippen molar-refractivity contribution in [2.45, 2.75) is 6.42 Å². The topological polar surface area (TPSA) is 42.6 Å². The zero-order valence-electron chi connectivity index (χ0n) is 13.5. The van der Waals surface area contributed by atoms with E-state index in [2.05, 4.69) is 44.4 Å². The average molecular weight is 355 g/mol. The van der Waals surface area contributed by atoms with Crippen LogP contribution in [0.5, 0.6) is 0 Å². The van der Waals surface area contributed by atoms with Gasteiger partial charge < -0.3 is 9.80 Å². The van der Waals surface area contributed by atoms with Crippen LogP contribution in [0, 0.1) is 11.3 Å². The van der Waals surface area contributed by atoms with E-state index in [0.717, 1.165) is 66.4 Å². The van der Waals surface area contributed by atoms with Gasteiger partial charge in [-0.3, -0.25) is 0 Å². The normalized spacial score (nSPS) is 19.9. The summed E-state index contributed by atoms with van der Waals surface area (Å²) in [6.45, 7) is 4.19. The third-order valence-electron chi connectivity index (χ3n) is 4.58. The highest BCUT2D eigenvalue weighted by Crippen LogP contribution is 2.40. The van der Waals surface area contributed by atoms with E-state index in [4.69, 9.17) is 4.99 Å². The molecular formula is C18H18N4S2. The molecule has 1 saturated heterocycles. The number of hydrogen-bond acceptors (Lipinski definition) is 6. The maximum absolute atomic E-state index is 9.24. The minimum Gasteiger partial charge on any atom is -0.355 e. The van der Waals surface area contributed by atoms with Crippen LogP contribution >= 0.6 is 22.7 Å². The Morgan fingerprint density at radius 3 is 2.71 bits per heavy atom. The summed E-state index contributed by atoms with van der Waals surface area (Å²) in [6, 6.07) is 2.21. The largest absolute Gasteiger partial charge is 0.355 e. The van der Waals surface area contributed by atoms with E-state index in [1.54, 1.807) is 28.7 Å². The molecule has 0 amide bonds. The summed E-state index contributed by atoms with van der Waals surface area (Å²) >= 11 is 3.32. The van der Waals surface area contributed by atoms with Gasteiger partial charge in [0.05, 0.1) is 11.8 Å². The summed E-state index contributed by atoms with van der Waals surface area (Å²) < 4.78 is 0. The summed E-state index contributed by atoms with van der Waals surface area (Å²) in [6.07, 6.45) is 2.80. The van der Waals surface area contributed by atoms with Crippen LogP contribution < -0.4 is 0 Å². The zero-order valence-corrected chi connectivity index (χ0v) is 15.2. The summed E-state index contributed by atoms with van der Waals surface area (Å²) in [5.41, 5.74) is 5.34. The van der Waals surface area contributed by atoms with Gasteiger partial charge in [-0.05, 0) is 25.4 Å². The van der Waals surface area contributed by atoms with Crippen LogP contribution in [0.4, 0.5) is 5.69 Å². The van der Waals surface area contributed by atoms with Gasteiger partial charge in [0.25, 0.3) is 0 Å². The molecule has 6 heteroatoms. The number of rotatable bonds is 0. The molecule has 1 fully saturated rings. The quantitative estimate of drug-likeness (QED) is 0.676. The molecule has 2 aromatic rings. The van der Waals surface area contributed by atoms with Gasteiger partial charge in [0.2, 0.25) is 0 Å². The lowest BCUT2D eigenvalue weighted by molar-refractivity contribution is 0.346. The van der Waals surface area contributed by atoms with E-state index in [1.165, 1.54) is 0 Å². The molecule has 122 valence electrons. The Morgan fingerprint density at radius 1 is 1.04 bits per heavy atom. The van der Waals surface area contributed by atoms with Gasteiger partial charge in [-0.15, -0.1) is 11.3 Å². The minimum absolute atomic E-state index is 0.982. The smallest absolute Gasteiger partial charge is 0.138 e. The van der Waals surface area contributed by atoms with E-state index in [1.807, 2.05) is 0 Å². The summed E-state index contributed by atoms with van der Waals surface area (Å²) in [4.78, 5) is 9.81. The second-order valence-electron chi connectivity index (χ2n) is 6.14. The van der Waals surface area contributed by atoms with Crippen LogP contribution in [-0.2, 0) is 0 Å². The van der Waals surface area contributed by atoms with Gasteiger partial charge >= 0.3 is 0 Å². The van der Waals surface area contributed by atoms with Crippen molar-refractivity contribution in [3.8, 4) is 6.07 Å². The number of aliphatic imine (C=N–C) groups is 1. The number of hydrogen-bond donors (Lipinski definition) is 0. The lowest BCUT2D eigenvalue weighted by Crippen LogP contribution is -2.35. The zero-order chi connectivity index (χ0) is 16.5. The first-order valence-electron chi connectivity index (χ1n) is 8.03. The Hall–Kier alpha value is -1.94. The first kappa shape index (κ1) is 15.6. The Kier molecular flexibility index (Phi) is 4.23. The van der Waals surface area contributed by atoms with Crippen molar-refractivity contribution in [2.24, 2.45) is 4.99 Å². The second kappa shape index (κ2) is 6.52. The molecule has 0 aliphatic carbocycles. The predicted molar refractivity (Wildman–Crippen MR) is 101 cm³/mol. The monoisotopic (exact) mass is 354 g/mol. The van der Waals surface area contributed by atoms with Crippen molar-refractivity contribution in [2.75, 3.05) is 33.2 Å². The van der Waals surface area contributed by atoms with E-state index in [-0.39, 0.29) is 0 Å². The van der Waals surface area contributed by atoms with E-state index in [9.17, 15) is 5.26 Å². The van der Waals surface area contributed by atoms with Crippen LogP contribution in [0.1, 0.15) is 23.1 Å². The van der Waals surface area contributed by atoms with Crippen molar-refractivity contribution in [1.29, 1.82) is 5.26 Å². The molecule has 0 unspecified atom stereocenters. The highest BCUT2D eigenvalue weighted by molar-refractivity contribution is 7.09. The minimum atomic E-state index is 0.982. The summed E-state index contributed by atoms with van der Waals surface area (Å²) in [7, 11) is 2.18. The molecule has 0 saturated carbocycles. The maximum atomic E-state index is 9.24. The van der Waals surface area contributed by atoms with Gasteiger partial charge in [0, 0.05) is 64.1 Å². The average Bonchev–Trinajstić information content (AvgIpc) is 3.16. The van der Waals surface area contributed by atoms with Gasteiger partial charge in [-0.1, -0.05) is 0 Å². The van der Waals surface area contributed by atoms with Gasteiger partial charge in [-0.2, -0.15) is 16.6 Å². The first-order valence-corrected chi connectivity index (χ1v) is 9.92. The molecule has 4 heterocycles. The standard InChI is InChI=1S/C18H18N4S2/c1-21-5-2-6-22(8-7-21)18-16-11-23-9-14(16)13(3-4-19)15-10-24-12-17(15)20-18/h3,9-12H,2,5-8H2,1H3. The second-order valence-corrected chi connectivity index (χ2v) is 7.62. The summed E-state index contributed by atoms with van der Waals surface area (Å²) in [5.74, 6) is 1.06. The molecule has 0 N–H and O–H groups in total. The molecule has 0 atom stereocenters. The molecule has 24 heavy (non-hydrogen) atoms. The number of likely N-dealkylation sites (N-methyl/N-ethyl adjacent to an activating group) is 1. The molecule has 2 aliphatic rings. The molecule has 0 bridgehead atoms. The van der Waals surface area contributed by atoms with Crippen LogP contribution in [-0.4, -0.2) is 48.9 Å². The molecular weight excluding hydrogens is 336 g/mol. The number of amidine groups is 1. The Bertz CT molecular complexity index is 852. The van der Waals surface area contributed by atoms with Crippen LogP contribution in [0.25, 0.3) is 5.57 Å². The molecule has 0 spiro atoms. The molecule has 0 aromatic carbocycles. The molecule has 2 aromatic heterocycles. The van der Waals surface area contributed by atoms with Gasteiger partial charge in [-0.25, -0.2) is 4.99 Å². The van der Waals surface area contributed by atoms with Gasteiger partial charge in [0.15, 0.2) is 0 Å². The number of fused-ring (bicyclic) bond motifs is 2. The van der Waals surface area contributed by atoms with Crippen molar-refractivity contribution < 1.29 is 0 Å². The number of allylic oxidation sites excluding steroid dienone is 1. The number of thiophene rings is 2. The lowest BCUT2D eigenvalue weighted by atomic mass is 9.99. The maximum Gasteiger partial charge on any atom is 0.138 e. The van der Waals surface area contributed by atoms with E-state index < -0.39 is 0 Å². The fourth-order valence-corrected chi connectivity index (χ4v) is 4.88. The van der Waals surface area contributed by atoms with Crippen molar-refractivity contribution in [3.05, 3.63) is 44.3 Å². The van der Waals surface area contributed by atoms with Crippen molar-refractivity contribution >= 4 is 39.8 Å². The Balaban J connectivity index is 1.84. The van der Waals surface area contributed by atoms with Crippen molar-refractivity contribution in [3.63, 3.8) is 0 Å². The van der Waals surface area contributed by atoms with E-state index >= 15 is 0 Å². The third kappa shape index (κ3) is 2.69. The highest BCUT2D eigenvalue weighted by atomic mass is 32.1. The third-order valence-corrected chi connectivity index (χ3v) is 6.05. The van der Waals surface area contributed by atoms with Crippen LogP contribution in [0.2, 0.25) is 0 Å². The number of nitrogens with zero attached hydrogens (tertiary/aromatic N) is 4. The Labute approximate surface area is 150 Å². The molecule has 0 radical (unpaired) electrons. The molecule has 4 rings (SSSR count). The molecule has 4 nitrogen and oxygen atoms in total. The highest BCUT2D eigenvalue weighted by Gasteiger charge is 2.26. The summed E-state index contributed by atoms with van der Waals surface area (Å²) in [5, 5.41) is 17.7. The fraction of sp³-hybridized carbons (Fsp3) is 0.333. The van der Waals surface area contributed by atoms with Gasteiger partial charge in [0.1, 0.15) is 5.84 Å².